The number of rotatable bonds is 5. The van der Waals surface area contributed by atoms with Gasteiger partial charge in [-0.1, -0.05) is 12.7 Å². The first-order chi connectivity index (χ1) is 5.59. The molecule has 68 valence electrons. The number of Topliss-reactive ketones (excluding diaryl/α,β-unsaturated/α-hetero) is 1. The van der Waals surface area contributed by atoms with Gasteiger partial charge in [0, 0.05) is 22.3 Å². The van der Waals surface area contributed by atoms with Gasteiger partial charge in [0.1, 0.15) is 11.6 Å². The molecule has 0 saturated carbocycles. The Hall–Kier alpha value is -0.640. The fourth-order valence-electron chi connectivity index (χ4n) is 0.763. The summed E-state index contributed by atoms with van der Waals surface area (Å²) < 4.78 is 15.1. The standard InChI is InChI=1S/C8H11BrFNO/c1-6(10)8(7(2)12)4-3-5-11-9/h3,5,8,11H,1,4H2,2H3/b5-3+. The molecule has 0 aromatic heterocycles. The van der Waals surface area contributed by atoms with Gasteiger partial charge in [-0.05, 0) is 13.3 Å². The second-order valence-electron chi connectivity index (χ2n) is 2.36. The molecule has 1 N–H and O–H groups in total. The van der Waals surface area contributed by atoms with Gasteiger partial charge < -0.3 is 4.34 Å². The van der Waals surface area contributed by atoms with E-state index in [2.05, 4.69) is 27.1 Å². The van der Waals surface area contributed by atoms with E-state index in [9.17, 15) is 9.18 Å². The van der Waals surface area contributed by atoms with E-state index in [1.54, 1.807) is 12.3 Å². The van der Waals surface area contributed by atoms with Crippen molar-refractivity contribution in [3.05, 3.63) is 24.7 Å². The zero-order valence-corrected chi connectivity index (χ0v) is 8.40. The van der Waals surface area contributed by atoms with Gasteiger partial charge >= 0.3 is 0 Å². The molecule has 0 fully saturated rings. The maximum Gasteiger partial charge on any atom is 0.139 e. The lowest BCUT2D eigenvalue weighted by molar-refractivity contribution is -0.119. The van der Waals surface area contributed by atoms with E-state index in [-0.39, 0.29) is 5.78 Å². The maximum atomic E-state index is 12.6. The minimum absolute atomic E-state index is 0.207. The Morgan fingerprint density at radius 1 is 1.83 bits per heavy atom. The molecule has 0 amide bonds. The van der Waals surface area contributed by atoms with Crippen LogP contribution in [-0.4, -0.2) is 5.78 Å². The van der Waals surface area contributed by atoms with Crippen LogP contribution in [0.25, 0.3) is 0 Å². The van der Waals surface area contributed by atoms with Crippen molar-refractivity contribution >= 4 is 21.9 Å². The Bertz CT molecular complexity index is 189. The van der Waals surface area contributed by atoms with Crippen LogP contribution in [0.4, 0.5) is 4.39 Å². The van der Waals surface area contributed by atoms with Gasteiger partial charge in [0.2, 0.25) is 0 Å². The number of allylic oxidation sites excluding steroid dienone is 2. The van der Waals surface area contributed by atoms with Crippen LogP contribution in [0.5, 0.6) is 0 Å². The SMILES string of the molecule is C=C(F)C(C/C=C/NBr)C(C)=O. The van der Waals surface area contributed by atoms with Crippen molar-refractivity contribution in [1.82, 2.24) is 4.34 Å². The first kappa shape index (κ1) is 11.4. The number of hydrogen-bond donors (Lipinski definition) is 1. The molecular formula is C8H11BrFNO. The topological polar surface area (TPSA) is 29.1 Å². The zero-order valence-electron chi connectivity index (χ0n) is 6.81. The lowest BCUT2D eigenvalue weighted by Gasteiger charge is -2.06. The second-order valence-corrected chi connectivity index (χ2v) is 2.82. The van der Waals surface area contributed by atoms with Crippen molar-refractivity contribution in [2.45, 2.75) is 13.3 Å². The van der Waals surface area contributed by atoms with Crippen LogP contribution in [0.15, 0.2) is 24.7 Å². The van der Waals surface area contributed by atoms with E-state index in [1.165, 1.54) is 6.92 Å². The van der Waals surface area contributed by atoms with E-state index in [1.807, 2.05) is 0 Å². The van der Waals surface area contributed by atoms with Gasteiger partial charge in [-0.3, -0.25) is 4.79 Å². The average molecular weight is 236 g/mol. The molecule has 0 radical (unpaired) electrons. The molecule has 0 aliphatic carbocycles. The summed E-state index contributed by atoms with van der Waals surface area (Å²) in [5.74, 6) is -1.49. The van der Waals surface area contributed by atoms with Gasteiger partial charge in [-0.15, -0.1) is 0 Å². The summed E-state index contributed by atoms with van der Waals surface area (Å²) in [6.45, 7) is 4.45. The van der Waals surface area contributed by atoms with Crippen molar-refractivity contribution in [3.63, 3.8) is 0 Å². The molecule has 0 aromatic rings. The molecule has 0 spiro atoms. The van der Waals surface area contributed by atoms with Crippen LogP contribution in [0.1, 0.15) is 13.3 Å². The Labute approximate surface area is 79.9 Å². The summed E-state index contributed by atoms with van der Waals surface area (Å²) in [5, 5.41) is 0. The van der Waals surface area contributed by atoms with E-state index in [0.717, 1.165) is 0 Å². The third-order valence-corrected chi connectivity index (χ3v) is 1.69. The minimum atomic E-state index is -0.706. The summed E-state index contributed by atoms with van der Waals surface area (Å²) >= 11 is 2.94. The molecule has 0 aromatic carbocycles. The summed E-state index contributed by atoms with van der Waals surface area (Å²) in [7, 11) is 0. The van der Waals surface area contributed by atoms with E-state index in [4.69, 9.17) is 0 Å². The first-order valence-electron chi connectivity index (χ1n) is 3.45. The van der Waals surface area contributed by atoms with Crippen molar-refractivity contribution < 1.29 is 9.18 Å². The van der Waals surface area contributed by atoms with Crippen LogP contribution in [0.2, 0.25) is 0 Å². The van der Waals surface area contributed by atoms with Crippen molar-refractivity contribution in [1.29, 1.82) is 0 Å². The molecule has 0 bridgehead atoms. The Balaban J connectivity index is 4.06. The van der Waals surface area contributed by atoms with E-state index < -0.39 is 11.7 Å². The number of ketones is 1. The molecule has 12 heavy (non-hydrogen) atoms. The fraction of sp³-hybridized carbons (Fsp3) is 0.375. The molecule has 0 heterocycles. The van der Waals surface area contributed by atoms with Gasteiger partial charge in [0.25, 0.3) is 0 Å². The third-order valence-electron chi connectivity index (χ3n) is 1.42. The highest BCUT2D eigenvalue weighted by atomic mass is 79.9. The number of nitrogens with one attached hydrogen (secondary N) is 1. The number of halogens is 2. The van der Waals surface area contributed by atoms with Crippen LogP contribution in [0.3, 0.4) is 0 Å². The molecule has 0 saturated heterocycles. The van der Waals surface area contributed by atoms with Gasteiger partial charge in [0.15, 0.2) is 0 Å². The normalized spacial score (nSPS) is 12.9. The molecule has 0 aliphatic heterocycles. The number of hydrogen-bond acceptors (Lipinski definition) is 2. The highest BCUT2D eigenvalue weighted by molar-refractivity contribution is 9.08. The van der Waals surface area contributed by atoms with Crippen molar-refractivity contribution in [2.75, 3.05) is 0 Å². The molecule has 0 rings (SSSR count). The van der Waals surface area contributed by atoms with Crippen LogP contribution >= 0.6 is 16.1 Å². The monoisotopic (exact) mass is 235 g/mol. The molecule has 0 aliphatic rings. The molecule has 1 atom stereocenters. The minimum Gasteiger partial charge on any atom is -0.329 e. The molecular weight excluding hydrogens is 225 g/mol. The van der Waals surface area contributed by atoms with Gasteiger partial charge in [-0.25, -0.2) is 4.39 Å². The third kappa shape index (κ3) is 4.28. The summed E-state index contributed by atoms with van der Waals surface area (Å²) in [5.41, 5.74) is 0. The van der Waals surface area contributed by atoms with Crippen molar-refractivity contribution in [2.24, 2.45) is 5.92 Å². The van der Waals surface area contributed by atoms with Crippen LogP contribution in [-0.2, 0) is 4.79 Å². The van der Waals surface area contributed by atoms with Crippen LogP contribution < -0.4 is 4.34 Å². The van der Waals surface area contributed by atoms with Gasteiger partial charge in [-0.2, -0.15) is 0 Å². The second kappa shape index (κ2) is 5.94. The predicted molar refractivity (Wildman–Crippen MR) is 50.2 cm³/mol. The summed E-state index contributed by atoms with van der Waals surface area (Å²) in [6, 6.07) is 0. The lowest BCUT2D eigenvalue weighted by Crippen LogP contribution is -2.10. The number of carbonyl (C=O) groups excluding carboxylic acids is 1. The highest BCUT2D eigenvalue weighted by Crippen LogP contribution is 2.16. The van der Waals surface area contributed by atoms with E-state index in [0.29, 0.717) is 6.42 Å². The van der Waals surface area contributed by atoms with Crippen molar-refractivity contribution in [3.8, 4) is 0 Å². The first-order valence-corrected chi connectivity index (χ1v) is 4.24. The summed E-state index contributed by atoms with van der Waals surface area (Å²) in [4.78, 5) is 10.8. The fourth-order valence-corrected chi connectivity index (χ4v) is 0.950. The average Bonchev–Trinajstić information content (AvgIpc) is 1.96. The highest BCUT2D eigenvalue weighted by Gasteiger charge is 2.15. The smallest absolute Gasteiger partial charge is 0.139 e. The maximum absolute atomic E-state index is 12.6. The van der Waals surface area contributed by atoms with E-state index >= 15 is 0 Å². The van der Waals surface area contributed by atoms with Crippen LogP contribution in [0, 0.1) is 5.92 Å². The number of carbonyl (C=O) groups is 1. The lowest BCUT2D eigenvalue weighted by atomic mass is 10.0. The Kier molecular flexibility index (Phi) is 5.62. The van der Waals surface area contributed by atoms with Gasteiger partial charge in [0.05, 0.1) is 5.92 Å². The molecule has 2 nitrogen and oxygen atoms in total. The quantitative estimate of drug-likeness (QED) is 0.743. The summed E-state index contributed by atoms with van der Waals surface area (Å²) in [6.07, 6.45) is 3.58. The molecule has 4 heteroatoms. The Morgan fingerprint density at radius 2 is 2.42 bits per heavy atom. The Morgan fingerprint density at radius 3 is 2.75 bits per heavy atom. The zero-order chi connectivity index (χ0) is 9.56. The molecule has 1 unspecified atom stereocenters. The largest absolute Gasteiger partial charge is 0.329 e. The predicted octanol–water partition coefficient (Wildman–Crippen LogP) is 2.48.